The van der Waals surface area contributed by atoms with E-state index < -0.39 is 5.60 Å². The van der Waals surface area contributed by atoms with Crippen LogP contribution in [-0.4, -0.2) is 21.3 Å². The molecular weight excluding hydrogens is 314 g/mol. The summed E-state index contributed by atoms with van der Waals surface area (Å²) in [4.78, 5) is 18.0. The van der Waals surface area contributed by atoms with E-state index in [1.165, 1.54) is 12.8 Å². The summed E-state index contributed by atoms with van der Waals surface area (Å²) in [5.41, 5.74) is 4.17. The van der Waals surface area contributed by atoms with Crippen molar-refractivity contribution in [3.05, 3.63) is 52.8 Å². The molecule has 1 aliphatic heterocycles. The van der Waals surface area contributed by atoms with E-state index in [-0.39, 0.29) is 5.78 Å². The Labute approximate surface area is 147 Å². The maximum atomic E-state index is 12.2. The number of Topliss-reactive ketones (excluding diaryl/α,β-unsaturated/α-hetero) is 1. The minimum atomic E-state index is -0.508. The minimum Gasteiger partial charge on any atom is -0.382 e. The van der Waals surface area contributed by atoms with Gasteiger partial charge in [-0.25, -0.2) is 0 Å². The Kier molecular flexibility index (Phi) is 3.74. The number of carbonyl (C=O) groups is 1. The summed E-state index contributed by atoms with van der Waals surface area (Å²) >= 11 is 0. The molecule has 0 radical (unpaired) electrons. The topological polar surface area (TPSA) is 56.5 Å². The van der Waals surface area contributed by atoms with Crippen LogP contribution in [0.25, 0.3) is 0 Å². The molecule has 25 heavy (non-hydrogen) atoms. The first kappa shape index (κ1) is 16.1. The van der Waals surface area contributed by atoms with Gasteiger partial charge in [-0.2, -0.15) is 5.10 Å². The second-order valence-corrected chi connectivity index (χ2v) is 7.48. The van der Waals surface area contributed by atoms with E-state index in [4.69, 9.17) is 4.84 Å². The van der Waals surface area contributed by atoms with Crippen molar-refractivity contribution < 1.29 is 9.63 Å². The van der Waals surface area contributed by atoms with Gasteiger partial charge in [-0.05, 0) is 44.2 Å². The van der Waals surface area contributed by atoms with Gasteiger partial charge in [-0.15, -0.1) is 0 Å². The number of oxime groups is 1. The molecule has 1 aromatic carbocycles. The van der Waals surface area contributed by atoms with Gasteiger partial charge in [0.05, 0.1) is 17.1 Å². The zero-order valence-corrected chi connectivity index (χ0v) is 15.0. The molecule has 130 valence electrons. The highest BCUT2D eigenvalue weighted by Crippen LogP contribution is 2.36. The van der Waals surface area contributed by atoms with Crippen LogP contribution in [0.15, 0.2) is 35.5 Å². The van der Waals surface area contributed by atoms with Crippen LogP contribution in [-0.2, 0) is 17.5 Å². The van der Waals surface area contributed by atoms with E-state index in [1.807, 2.05) is 55.9 Å². The molecule has 1 aliphatic carbocycles. The van der Waals surface area contributed by atoms with Crippen LogP contribution in [0.2, 0.25) is 0 Å². The normalized spacial score (nSPS) is 22.6. The third-order valence-corrected chi connectivity index (χ3v) is 5.12. The number of rotatable bonds is 5. The van der Waals surface area contributed by atoms with E-state index >= 15 is 0 Å². The highest BCUT2D eigenvalue weighted by Gasteiger charge is 2.39. The Bertz CT molecular complexity index is 846. The van der Waals surface area contributed by atoms with Crippen LogP contribution in [0.1, 0.15) is 59.9 Å². The molecule has 4 rings (SSSR count). The molecule has 1 unspecified atom stereocenters. The van der Waals surface area contributed by atoms with Crippen LogP contribution in [0.3, 0.4) is 0 Å². The van der Waals surface area contributed by atoms with Gasteiger partial charge in [-0.3, -0.25) is 9.48 Å². The van der Waals surface area contributed by atoms with Crippen molar-refractivity contribution in [2.75, 3.05) is 0 Å². The van der Waals surface area contributed by atoms with Gasteiger partial charge in [0.25, 0.3) is 0 Å². The molecule has 2 aliphatic rings. The van der Waals surface area contributed by atoms with Crippen LogP contribution in [0.4, 0.5) is 0 Å². The molecule has 2 heterocycles. The second-order valence-electron chi connectivity index (χ2n) is 7.48. The zero-order valence-electron chi connectivity index (χ0n) is 15.0. The summed E-state index contributed by atoms with van der Waals surface area (Å²) in [7, 11) is 1.93. The minimum absolute atomic E-state index is 0.244. The summed E-state index contributed by atoms with van der Waals surface area (Å²) in [5, 5.41) is 8.72. The predicted octanol–water partition coefficient (Wildman–Crippen LogP) is 3.75. The van der Waals surface area contributed by atoms with Crippen molar-refractivity contribution in [1.29, 1.82) is 0 Å². The van der Waals surface area contributed by atoms with Crippen LogP contribution in [0, 0.1) is 12.8 Å². The highest BCUT2D eigenvalue weighted by atomic mass is 16.7. The third-order valence-electron chi connectivity index (χ3n) is 5.12. The van der Waals surface area contributed by atoms with Crippen molar-refractivity contribution in [3.8, 4) is 0 Å². The lowest BCUT2D eigenvalue weighted by molar-refractivity contribution is -0.0135. The monoisotopic (exact) mass is 337 g/mol. The van der Waals surface area contributed by atoms with Gasteiger partial charge in [0.2, 0.25) is 0 Å². The summed E-state index contributed by atoms with van der Waals surface area (Å²) in [6.45, 7) is 4.01. The molecule has 0 amide bonds. The van der Waals surface area contributed by atoms with Gasteiger partial charge >= 0.3 is 0 Å². The molecule has 0 spiro atoms. The molecular formula is C20H23N3O2. The van der Waals surface area contributed by atoms with E-state index in [0.29, 0.717) is 18.8 Å². The molecule has 5 nitrogen and oxygen atoms in total. The lowest BCUT2D eigenvalue weighted by Crippen LogP contribution is -2.25. The number of nitrogens with zero attached hydrogens (tertiary/aromatic N) is 3. The molecule has 2 aromatic rings. The molecule has 1 aromatic heterocycles. The average Bonchev–Trinajstić information content (AvgIpc) is 3.20. The third kappa shape index (κ3) is 3.11. The summed E-state index contributed by atoms with van der Waals surface area (Å²) < 4.78 is 1.85. The molecule has 1 atom stereocenters. The maximum Gasteiger partial charge on any atom is 0.181 e. The largest absolute Gasteiger partial charge is 0.382 e. The van der Waals surface area contributed by atoms with E-state index in [2.05, 4.69) is 10.3 Å². The van der Waals surface area contributed by atoms with Crippen molar-refractivity contribution in [1.82, 2.24) is 9.78 Å². The van der Waals surface area contributed by atoms with Gasteiger partial charge < -0.3 is 4.84 Å². The van der Waals surface area contributed by atoms with E-state index in [9.17, 15) is 4.79 Å². The van der Waals surface area contributed by atoms with E-state index in [0.717, 1.165) is 28.2 Å². The first-order valence-electron chi connectivity index (χ1n) is 8.84. The van der Waals surface area contributed by atoms with Crippen molar-refractivity contribution in [2.45, 2.75) is 45.1 Å². The van der Waals surface area contributed by atoms with Crippen LogP contribution in [0.5, 0.6) is 0 Å². The fraction of sp³-hybridized carbons (Fsp3) is 0.450. The Morgan fingerprint density at radius 3 is 2.64 bits per heavy atom. The van der Waals surface area contributed by atoms with Crippen molar-refractivity contribution in [3.63, 3.8) is 0 Å². The van der Waals surface area contributed by atoms with Gasteiger partial charge in [-0.1, -0.05) is 29.4 Å². The fourth-order valence-corrected chi connectivity index (χ4v) is 3.49. The Morgan fingerprint density at radius 1 is 1.32 bits per heavy atom. The smallest absolute Gasteiger partial charge is 0.181 e. The van der Waals surface area contributed by atoms with Gasteiger partial charge in [0.1, 0.15) is 0 Å². The fourth-order valence-electron chi connectivity index (χ4n) is 3.49. The average molecular weight is 337 g/mol. The number of hydrogen-bond acceptors (Lipinski definition) is 4. The Morgan fingerprint density at radius 2 is 2.04 bits per heavy atom. The Hall–Kier alpha value is -2.43. The number of benzene rings is 1. The predicted molar refractivity (Wildman–Crippen MR) is 95.6 cm³/mol. The molecule has 1 saturated carbocycles. The van der Waals surface area contributed by atoms with Crippen molar-refractivity contribution >= 4 is 11.5 Å². The summed E-state index contributed by atoms with van der Waals surface area (Å²) in [6, 6.07) is 9.81. The SMILES string of the molecule is Cc1cc(C2(C)CC(c3ccc(C(=O)CC4CC4)cc3)=NO2)n(C)n1. The number of aryl methyl sites for hydroxylation is 2. The number of ketones is 1. The zero-order chi connectivity index (χ0) is 17.6. The quantitative estimate of drug-likeness (QED) is 0.781. The lowest BCUT2D eigenvalue weighted by Gasteiger charge is -2.21. The van der Waals surface area contributed by atoms with Crippen LogP contribution >= 0.6 is 0 Å². The van der Waals surface area contributed by atoms with Gasteiger partial charge in [0.15, 0.2) is 11.4 Å². The molecule has 5 heteroatoms. The summed E-state index contributed by atoms with van der Waals surface area (Å²) in [6.07, 6.45) is 3.76. The standard InChI is InChI=1S/C20H23N3O2/c1-13-10-19(23(3)21-13)20(2)12-17(22-25-20)15-6-8-16(9-7-15)18(24)11-14-4-5-14/h6-10,14H,4-5,11-12H2,1-3H3. The van der Waals surface area contributed by atoms with E-state index in [1.54, 1.807) is 0 Å². The highest BCUT2D eigenvalue weighted by molar-refractivity contribution is 6.03. The molecule has 0 bridgehead atoms. The molecule has 0 N–H and O–H groups in total. The molecule has 1 fully saturated rings. The van der Waals surface area contributed by atoms with Crippen molar-refractivity contribution in [2.24, 2.45) is 18.1 Å². The second kappa shape index (κ2) is 5.83. The van der Waals surface area contributed by atoms with Crippen LogP contribution < -0.4 is 0 Å². The number of aromatic nitrogens is 2. The number of carbonyl (C=O) groups excluding carboxylic acids is 1. The van der Waals surface area contributed by atoms with Gasteiger partial charge in [0, 0.05) is 25.5 Å². The summed E-state index contributed by atoms with van der Waals surface area (Å²) in [5.74, 6) is 0.858. The first-order chi connectivity index (χ1) is 11.9. The first-order valence-corrected chi connectivity index (χ1v) is 8.84. The molecule has 0 saturated heterocycles. The Balaban J connectivity index is 1.49. The number of hydrogen-bond donors (Lipinski definition) is 0. The maximum absolute atomic E-state index is 12.2. The lowest BCUT2D eigenvalue weighted by atomic mass is 9.92.